The van der Waals surface area contributed by atoms with Gasteiger partial charge in [0, 0.05) is 57.6 Å². The fraction of sp³-hybridized carbons (Fsp3) is 0.617. The molecule has 7 aliphatic carbocycles. The highest BCUT2D eigenvalue weighted by atomic mass is 16.6. The molecule has 6 fully saturated rings. The van der Waals surface area contributed by atoms with Crippen molar-refractivity contribution in [3.63, 3.8) is 0 Å². The van der Waals surface area contributed by atoms with Crippen molar-refractivity contribution in [1.82, 2.24) is 10.6 Å². The Hall–Kier alpha value is -7.55. The number of hydrogen-bond acceptors (Lipinski definition) is 18. The van der Waals surface area contributed by atoms with Gasteiger partial charge in [-0.2, -0.15) is 0 Å². The summed E-state index contributed by atoms with van der Waals surface area (Å²) in [5.41, 5.74) is -5.54. The summed E-state index contributed by atoms with van der Waals surface area (Å²) < 4.78 is 50.0. The third-order valence-electron chi connectivity index (χ3n) is 25.5. The van der Waals surface area contributed by atoms with Crippen molar-refractivity contribution in [3.05, 3.63) is 130 Å². The maximum atomic E-state index is 16.2. The number of methoxy groups -OCH3 is 1. The Morgan fingerprint density at radius 3 is 2.05 bits per heavy atom. The number of hydrogen-bond donors (Lipinski definition) is 3. The number of rotatable bonds is 23. The standard InChI is InChI=1S/C81H104N2O18/c1-46(2)23-22-24-47(3)57-33-34-58-56-32-31-54-41-55(37-39-77(54,9)59(56)38-40-78(57,58)10)97-64(87)36-35-63(86)82-44-65(88)99-69(67(51-25-16-13-17-26-51)83-73(90)52-27-18-14-19-28-52)75(92)98-60-43-81(93)72(100-74(91)53-29-20-15-21-30-53)70-79(11,61(94-12)42-62-80(70,45-95-62)101-50(6)85)71(89)68(96-49(5)84)66(48(60)4)76(81,7)8/h13-21,25-31,46-47,55-62,67-70,72,93H,22-24,32-45H2,1-12H3,(H,82,86)(H,83,90). The first-order valence-corrected chi connectivity index (χ1v) is 36.6. The predicted octanol–water partition coefficient (Wildman–Crippen LogP) is 11.8. The summed E-state index contributed by atoms with van der Waals surface area (Å²) in [7, 11) is 1.37. The number of fused-ring (bicyclic) bond motifs is 10. The summed E-state index contributed by atoms with van der Waals surface area (Å²) in [6.07, 6.45) is 3.77. The lowest BCUT2D eigenvalue weighted by atomic mass is 9.44. The average Bonchev–Trinajstić information content (AvgIpc) is 1.11. The molecule has 546 valence electrons. The predicted molar refractivity (Wildman–Crippen MR) is 372 cm³/mol. The Labute approximate surface area is 593 Å². The van der Waals surface area contributed by atoms with Crippen LogP contribution in [0.5, 0.6) is 0 Å². The van der Waals surface area contributed by atoms with Gasteiger partial charge in [0.1, 0.15) is 42.6 Å². The number of ketones is 1. The summed E-state index contributed by atoms with van der Waals surface area (Å²) in [5, 5.41) is 19.7. The van der Waals surface area contributed by atoms with Crippen LogP contribution in [0.2, 0.25) is 0 Å². The Morgan fingerprint density at radius 2 is 1.42 bits per heavy atom. The molecule has 1 aliphatic heterocycles. The van der Waals surface area contributed by atoms with E-state index >= 15 is 9.59 Å². The van der Waals surface area contributed by atoms with E-state index in [1.807, 2.05) is 0 Å². The van der Waals surface area contributed by atoms with Gasteiger partial charge in [-0.1, -0.05) is 146 Å². The largest absolute Gasteiger partial charge is 0.462 e. The van der Waals surface area contributed by atoms with Crippen molar-refractivity contribution in [2.45, 2.75) is 232 Å². The number of ether oxygens (including phenoxy) is 8. The van der Waals surface area contributed by atoms with Crippen LogP contribution >= 0.6 is 0 Å². The van der Waals surface area contributed by atoms with Crippen LogP contribution in [0.15, 0.2) is 114 Å². The lowest BCUT2D eigenvalue weighted by molar-refractivity contribution is -0.347. The fourth-order valence-electron chi connectivity index (χ4n) is 20.3. The smallest absolute Gasteiger partial charge is 0.350 e. The zero-order valence-corrected chi connectivity index (χ0v) is 60.8. The lowest BCUT2D eigenvalue weighted by Crippen LogP contribution is -2.82. The zero-order valence-electron chi connectivity index (χ0n) is 60.8. The molecule has 20 nitrogen and oxygen atoms in total. The second kappa shape index (κ2) is 29.7. The average molecular weight is 1390 g/mol. The number of esters is 6. The third-order valence-corrected chi connectivity index (χ3v) is 25.5. The minimum absolute atomic E-state index is 0.0188. The highest BCUT2D eigenvalue weighted by molar-refractivity contribution is 5.97. The first kappa shape index (κ1) is 74.6. The van der Waals surface area contributed by atoms with Crippen LogP contribution in [0, 0.1) is 63.1 Å². The number of benzene rings is 3. The summed E-state index contributed by atoms with van der Waals surface area (Å²) in [6, 6.07) is 22.6. The summed E-state index contributed by atoms with van der Waals surface area (Å²) in [6.45, 7) is 19.6. The van der Waals surface area contributed by atoms with Gasteiger partial charge in [-0.15, -0.1) is 0 Å². The van der Waals surface area contributed by atoms with Crippen LogP contribution in [-0.2, 0) is 71.5 Å². The maximum absolute atomic E-state index is 16.2. The van der Waals surface area contributed by atoms with Crippen LogP contribution in [0.25, 0.3) is 0 Å². The molecule has 3 N–H and O–H groups in total. The highest BCUT2D eigenvalue weighted by Gasteiger charge is 2.79. The minimum atomic E-state index is -2.48. The van der Waals surface area contributed by atoms with Crippen LogP contribution in [0.4, 0.5) is 0 Å². The monoisotopic (exact) mass is 1390 g/mol. The number of allylic oxidation sites excluding steroid dienone is 1. The van der Waals surface area contributed by atoms with Crippen LogP contribution in [0.1, 0.15) is 205 Å². The first-order chi connectivity index (χ1) is 47.9. The lowest BCUT2D eigenvalue weighted by Gasteiger charge is -2.67. The van der Waals surface area contributed by atoms with Crippen molar-refractivity contribution in [2.24, 2.45) is 63.1 Å². The third kappa shape index (κ3) is 14.1. The van der Waals surface area contributed by atoms with Crippen LogP contribution in [0.3, 0.4) is 0 Å². The van der Waals surface area contributed by atoms with Crippen molar-refractivity contribution in [3.8, 4) is 0 Å². The molecule has 2 amide bonds. The minimum Gasteiger partial charge on any atom is -0.462 e. The number of aliphatic hydroxyl groups is 1. The van der Waals surface area contributed by atoms with Crippen molar-refractivity contribution in [1.29, 1.82) is 0 Å². The van der Waals surface area contributed by atoms with Crippen molar-refractivity contribution >= 4 is 53.4 Å². The van der Waals surface area contributed by atoms with E-state index < -0.39 is 137 Å². The molecule has 8 aliphatic rings. The molecule has 101 heavy (non-hydrogen) atoms. The number of amides is 2. The molecule has 11 rings (SSSR count). The molecule has 1 heterocycles. The molecular formula is C81H104N2O18. The zero-order chi connectivity index (χ0) is 72.7. The van der Waals surface area contributed by atoms with Gasteiger partial charge >= 0.3 is 35.8 Å². The molecule has 2 bridgehead atoms. The quantitative estimate of drug-likeness (QED) is 0.0452. The van der Waals surface area contributed by atoms with E-state index in [-0.39, 0.29) is 65.2 Å². The van der Waals surface area contributed by atoms with Gasteiger partial charge in [0.15, 0.2) is 17.5 Å². The number of carbonyl (C=O) groups is 9. The van der Waals surface area contributed by atoms with Crippen molar-refractivity contribution in [2.75, 3.05) is 20.3 Å². The van der Waals surface area contributed by atoms with Gasteiger partial charge in [0.25, 0.3) is 5.91 Å². The van der Waals surface area contributed by atoms with Crippen LogP contribution in [-0.4, -0.2) is 133 Å². The molecular weight excluding hydrogens is 1290 g/mol. The molecule has 3 aromatic carbocycles. The maximum Gasteiger partial charge on any atom is 0.350 e. The fourth-order valence-corrected chi connectivity index (χ4v) is 20.3. The second-order valence-electron chi connectivity index (χ2n) is 31.9. The van der Waals surface area contributed by atoms with E-state index in [4.69, 9.17) is 37.9 Å². The molecule has 1 saturated heterocycles. The van der Waals surface area contributed by atoms with Crippen LogP contribution < -0.4 is 10.6 Å². The number of Topliss-reactive ketones (excluding diaryl/α,β-unsaturated/α-hetero) is 1. The van der Waals surface area contributed by atoms with Gasteiger partial charge in [0.05, 0.1) is 36.0 Å². The second-order valence-corrected chi connectivity index (χ2v) is 31.9. The van der Waals surface area contributed by atoms with E-state index in [1.54, 1.807) is 92.7 Å². The highest BCUT2D eigenvalue weighted by Crippen LogP contribution is 2.69. The Balaban J connectivity index is 0.836. The molecule has 19 unspecified atom stereocenters. The molecule has 20 heteroatoms. The molecule has 0 spiro atoms. The Kier molecular flexibility index (Phi) is 21.9. The van der Waals surface area contributed by atoms with E-state index in [1.165, 1.54) is 90.5 Å². The van der Waals surface area contributed by atoms with Gasteiger partial charge in [-0.25, -0.2) is 9.59 Å². The molecule has 5 saturated carbocycles. The topological polar surface area (TPSA) is 272 Å². The van der Waals surface area contributed by atoms with E-state index in [0.29, 0.717) is 23.7 Å². The molecule has 0 radical (unpaired) electrons. The summed E-state index contributed by atoms with van der Waals surface area (Å²) in [5.74, 6) is -5.07. The van der Waals surface area contributed by atoms with Gasteiger partial charge in [0.2, 0.25) is 12.0 Å². The Bertz CT molecular complexity index is 3680. The first-order valence-electron chi connectivity index (χ1n) is 36.6. The molecule has 0 aromatic heterocycles. The van der Waals surface area contributed by atoms with E-state index in [0.717, 1.165) is 49.9 Å². The SMILES string of the molecule is COC1CC2OCC2(OC(C)=O)C2C(OC(=O)c3ccccc3)C3(O)CC(OC(=O)C(OC(=O)CNC(=O)CCC(=O)OC4CCC5(C)C(=CCC6C5CCC5(C)C(C(C)CCCC(C)C)CCC65)C4)C(NC(=O)c4ccccc4)c4ccccc4)C(C)=C(C(OC(C)=O)C(=O)C12C)C3(C)C. The van der Waals surface area contributed by atoms with Crippen molar-refractivity contribution < 1.29 is 86.2 Å². The number of carbonyl (C=O) groups excluding carboxylic acids is 9. The normalized spacial score (nSPS) is 33.7. The van der Waals surface area contributed by atoms with Gasteiger partial charge in [-0.05, 0) is 146 Å². The van der Waals surface area contributed by atoms with Gasteiger partial charge < -0.3 is 53.6 Å². The Morgan fingerprint density at radius 1 is 0.743 bits per heavy atom. The molecule has 3 aromatic rings. The van der Waals surface area contributed by atoms with E-state index in [2.05, 4.69) is 51.3 Å². The number of nitrogens with one attached hydrogen (secondary N) is 2. The van der Waals surface area contributed by atoms with E-state index in [9.17, 15) is 38.7 Å². The molecule has 19 atom stereocenters. The summed E-state index contributed by atoms with van der Waals surface area (Å²) in [4.78, 5) is 130. The summed E-state index contributed by atoms with van der Waals surface area (Å²) >= 11 is 0. The van der Waals surface area contributed by atoms with Gasteiger partial charge in [-0.3, -0.25) is 33.6 Å².